The van der Waals surface area contributed by atoms with Crippen LogP contribution in [0.4, 0.5) is 0 Å². The van der Waals surface area contributed by atoms with Crippen LogP contribution in [0.15, 0.2) is 6.07 Å². The Morgan fingerprint density at radius 2 is 2.00 bits per heavy atom. The zero-order valence-corrected chi connectivity index (χ0v) is 13.0. The van der Waals surface area contributed by atoms with Crippen LogP contribution >= 0.6 is 41.4 Å². The monoisotopic (exact) mass is 334 g/mol. The summed E-state index contributed by atoms with van der Waals surface area (Å²) in [6, 6.07) is 1.39. The molecule has 0 fully saturated rings. The molecule has 9 heteroatoms. The Labute approximate surface area is 120 Å². The van der Waals surface area contributed by atoms with Crippen LogP contribution in [0, 0.1) is 0 Å². The predicted octanol–water partition coefficient (Wildman–Crippen LogP) is 4.03. The van der Waals surface area contributed by atoms with Crippen molar-refractivity contribution in [1.82, 2.24) is 4.98 Å². The lowest BCUT2D eigenvalue weighted by atomic mass is 10.5. The summed E-state index contributed by atoms with van der Waals surface area (Å²) >= 11 is 22.4. The topological polar surface area (TPSA) is 57.4 Å². The Balaban J connectivity index is 2.99. The molecule has 17 heavy (non-hydrogen) atoms. The van der Waals surface area contributed by atoms with Crippen molar-refractivity contribution < 1.29 is 9.05 Å². The van der Waals surface area contributed by atoms with Gasteiger partial charge in [-0.05, 0) is 31.7 Å². The number of halogens is 3. The predicted molar refractivity (Wildman–Crippen MR) is 74.6 cm³/mol. The minimum atomic E-state index is -2.97. The summed E-state index contributed by atoms with van der Waals surface area (Å²) in [5.74, 6) is -0.0179. The second-order valence-corrected chi connectivity index (χ2v) is 7.50. The standard InChI is InChI=1S/C8H10Cl3N2O2PS/c1-4(2)14-16(12,17)15-8-7(11)5(9)3-6(10)13-8/h3-4H,1-2H3,(H2,12,17). The van der Waals surface area contributed by atoms with Crippen LogP contribution in [0.3, 0.4) is 0 Å². The van der Waals surface area contributed by atoms with Crippen molar-refractivity contribution in [2.45, 2.75) is 20.0 Å². The SMILES string of the molecule is CC(C)OP(N)(=S)Oc1nc(Cl)cc(Cl)c1Cl. The molecule has 0 spiro atoms. The van der Waals surface area contributed by atoms with E-state index in [9.17, 15) is 0 Å². The summed E-state index contributed by atoms with van der Waals surface area (Å²) < 4.78 is 10.5. The van der Waals surface area contributed by atoms with Gasteiger partial charge in [0.1, 0.15) is 10.2 Å². The Bertz CT molecular complexity index is 472. The van der Waals surface area contributed by atoms with E-state index >= 15 is 0 Å². The molecule has 2 N–H and O–H groups in total. The number of pyridine rings is 1. The molecule has 1 aromatic rings. The summed E-state index contributed by atoms with van der Waals surface area (Å²) in [7, 11) is 0. The largest absolute Gasteiger partial charge is 0.413 e. The number of nitrogens with two attached hydrogens (primary N) is 1. The van der Waals surface area contributed by atoms with E-state index in [-0.39, 0.29) is 27.2 Å². The van der Waals surface area contributed by atoms with Crippen molar-refractivity contribution in [1.29, 1.82) is 0 Å². The number of hydrogen-bond donors (Lipinski definition) is 1. The average Bonchev–Trinajstić information content (AvgIpc) is 2.10. The average molecular weight is 336 g/mol. The molecular formula is C8H10Cl3N2O2PS. The summed E-state index contributed by atoms with van der Waals surface area (Å²) in [4.78, 5) is 3.85. The fraction of sp³-hybridized carbons (Fsp3) is 0.375. The van der Waals surface area contributed by atoms with E-state index in [1.54, 1.807) is 13.8 Å². The second-order valence-electron chi connectivity index (χ2n) is 3.33. The maximum Gasteiger partial charge on any atom is 0.311 e. The molecule has 0 aliphatic heterocycles. The molecule has 1 atom stereocenters. The first-order valence-electron chi connectivity index (χ1n) is 4.49. The molecule has 1 aromatic heterocycles. The molecule has 0 aliphatic carbocycles. The van der Waals surface area contributed by atoms with Gasteiger partial charge in [0, 0.05) is 0 Å². The minimum absolute atomic E-state index is 0.0179. The Hall–Kier alpha value is 0.390. The molecule has 0 saturated carbocycles. The lowest BCUT2D eigenvalue weighted by Gasteiger charge is -2.20. The lowest BCUT2D eigenvalue weighted by molar-refractivity contribution is 0.241. The van der Waals surface area contributed by atoms with E-state index in [4.69, 9.17) is 61.2 Å². The van der Waals surface area contributed by atoms with Gasteiger partial charge < -0.3 is 9.05 Å². The molecule has 0 bridgehead atoms. The maximum atomic E-state index is 5.89. The Kier molecular flexibility index (Phi) is 5.47. The van der Waals surface area contributed by atoms with Gasteiger partial charge in [-0.3, -0.25) is 0 Å². The number of hydrogen-bond acceptors (Lipinski definition) is 4. The molecule has 4 nitrogen and oxygen atoms in total. The molecule has 1 heterocycles. The van der Waals surface area contributed by atoms with Gasteiger partial charge in [0.2, 0.25) is 5.88 Å². The third-order valence-corrected chi connectivity index (χ3v) is 4.00. The van der Waals surface area contributed by atoms with Gasteiger partial charge >= 0.3 is 6.64 Å². The number of nitrogens with zero attached hydrogens (tertiary/aromatic N) is 1. The van der Waals surface area contributed by atoms with Crippen LogP contribution in [0.5, 0.6) is 5.88 Å². The van der Waals surface area contributed by atoms with Crippen molar-refractivity contribution in [2.24, 2.45) is 5.50 Å². The van der Waals surface area contributed by atoms with Crippen molar-refractivity contribution in [3.8, 4) is 5.88 Å². The highest BCUT2D eigenvalue weighted by molar-refractivity contribution is 8.09. The molecule has 0 saturated heterocycles. The van der Waals surface area contributed by atoms with E-state index in [2.05, 4.69) is 4.98 Å². The quantitative estimate of drug-likeness (QED) is 0.665. The first-order valence-corrected chi connectivity index (χ1v) is 8.33. The zero-order valence-electron chi connectivity index (χ0n) is 8.99. The first kappa shape index (κ1) is 15.4. The summed E-state index contributed by atoms with van der Waals surface area (Å²) in [6.07, 6.45) is -0.167. The van der Waals surface area contributed by atoms with Crippen molar-refractivity contribution in [3.05, 3.63) is 21.3 Å². The van der Waals surface area contributed by atoms with E-state index in [1.807, 2.05) is 0 Å². The van der Waals surface area contributed by atoms with Crippen LogP contribution in [-0.2, 0) is 16.3 Å². The van der Waals surface area contributed by atoms with E-state index in [0.29, 0.717) is 0 Å². The van der Waals surface area contributed by atoms with Gasteiger partial charge in [-0.2, -0.15) is 4.98 Å². The zero-order chi connectivity index (χ0) is 13.2. The molecule has 96 valence electrons. The van der Waals surface area contributed by atoms with Gasteiger partial charge in [-0.15, -0.1) is 0 Å². The molecule has 0 amide bonds. The van der Waals surface area contributed by atoms with Crippen molar-refractivity contribution in [3.63, 3.8) is 0 Å². The molecule has 1 rings (SSSR count). The maximum absolute atomic E-state index is 5.89. The minimum Gasteiger partial charge on any atom is -0.413 e. The van der Waals surface area contributed by atoms with Crippen LogP contribution in [0.2, 0.25) is 15.2 Å². The van der Waals surface area contributed by atoms with E-state index < -0.39 is 6.64 Å². The normalized spacial score (nSPS) is 14.8. The van der Waals surface area contributed by atoms with Crippen LogP contribution in [-0.4, -0.2) is 11.1 Å². The highest BCUT2D eigenvalue weighted by Gasteiger charge is 2.20. The van der Waals surface area contributed by atoms with Gasteiger partial charge in [-0.25, -0.2) is 5.50 Å². The van der Waals surface area contributed by atoms with Gasteiger partial charge in [0.05, 0.1) is 11.1 Å². The molecular weight excluding hydrogens is 326 g/mol. The van der Waals surface area contributed by atoms with Gasteiger partial charge in [-0.1, -0.05) is 34.8 Å². The van der Waals surface area contributed by atoms with Crippen molar-refractivity contribution >= 4 is 53.3 Å². The number of aromatic nitrogens is 1. The fourth-order valence-electron chi connectivity index (χ4n) is 0.945. The highest BCUT2D eigenvalue weighted by atomic mass is 35.5. The third kappa shape index (κ3) is 4.87. The summed E-state index contributed by atoms with van der Waals surface area (Å²) in [6.45, 7) is 0.610. The van der Waals surface area contributed by atoms with Crippen molar-refractivity contribution in [2.75, 3.05) is 0 Å². The van der Waals surface area contributed by atoms with Crippen LogP contribution in [0.1, 0.15) is 13.8 Å². The molecule has 0 aliphatic rings. The molecule has 0 aromatic carbocycles. The van der Waals surface area contributed by atoms with E-state index in [0.717, 1.165) is 0 Å². The number of rotatable bonds is 4. The summed E-state index contributed by atoms with van der Waals surface area (Å²) in [5, 5.41) is 0.443. The molecule has 0 radical (unpaired) electrons. The molecule has 1 unspecified atom stereocenters. The van der Waals surface area contributed by atoms with Gasteiger partial charge in [0.15, 0.2) is 0 Å². The fourth-order valence-corrected chi connectivity index (χ4v) is 3.29. The smallest absolute Gasteiger partial charge is 0.311 e. The van der Waals surface area contributed by atoms with Crippen LogP contribution < -0.4 is 10.0 Å². The highest BCUT2D eigenvalue weighted by Crippen LogP contribution is 2.45. The van der Waals surface area contributed by atoms with Gasteiger partial charge in [0.25, 0.3) is 0 Å². The second kappa shape index (κ2) is 6.02. The lowest BCUT2D eigenvalue weighted by Crippen LogP contribution is -2.11. The van der Waals surface area contributed by atoms with E-state index in [1.165, 1.54) is 6.07 Å². The summed E-state index contributed by atoms with van der Waals surface area (Å²) in [5.41, 5.74) is 5.72. The Morgan fingerprint density at radius 3 is 2.53 bits per heavy atom. The Morgan fingerprint density at radius 1 is 1.41 bits per heavy atom. The third-order valence-electron chi connectivity index (χ3n) is 1.42. The first-order chi connectivity index (χ1) is 7.71. The van der Waals surface area contributed by atoms with Crippen LogP contribution in [0.25, 0.3) is 0 Å².